The molecular weight excluding hydrogens is 282 g/mol. The lowest BCUT2D eigenvalue weighted by atomic mass is 10.4. The number of ether oxygens (including phenoxy) is 1. The molecule has 0 bridgehead atoms. The summed E-state index contributed by atoms with van der Waals surface area (Å²) < 4.78 is 5.31. The van der Waals surface area contributed by atoms with E-state index in [-0.39, 0.29) is 5.28 Å². The van der Waals surface area contributed by atoms with Gasteiger partial charge >= 0.3 is 0 Å². The predicted molar refractivity (Wildman–Crippen MR) is 73.8 cm³/mol. The zero-order valence-corrected chi connectivity index (χ0v) is 11.5. The van der Waals surface area contributed by atoms with E-state index in [0.717, 1.165) is 18.7 Å². The van der Waals surface area contributed by atoms with E-state index >= 15 is 0 Å². The van der Waals surface area contributed by atoms with Crippen LogP contribution in [0.4, 0.5) is 11.9 Å². The largest absolute Gasteiger partial charge is 0.378 e. The van der Waals surface area contributed by atoms with E-state index in [2.05, 4.69) is 30.5 Å². The SMILES string of the molecule is Clc1nc(NCc2cn[nH]c2)nc(N2CCOCC2)n1. The van der Waals surface area contributed by atoms with Crippen LogP contribution in [0, 0.1) is 0 Å². The van der Waals surface area contributed by atoms with E-state index in [9.17, 15) is 0 Å². The predicted octanol–water partition coefficient (Wildman–Crippen LogP) is 0.697. The Bertz CT molecular complexity index is 556. The van der Waals surface area contributed by atoms with Crippen molar-refractivity contribution in [2.24, 2.45) is 0 Å². The van der Waals surface area contributed by atoms with Gasteiger partial charge in [0.2, 0.25) is 17.2 Å². The first kappa shape index (κ1) is 13.1. The minimum absolute atomic E-state index is 0.177. The highest BCUT2D eigenvalue weighted by Crippen LogP contribution is 2.15. The number of halogens is 1. The summed E-state index contributed by atoms with van der Waals surface area (Å²) in [7, 11) is 0. The Morgan fingerprint density at radius 3 is 2.90 bits per heavy atom. The third-order valence-corrected chi connectivity index (χ3v) is 3.06. The van der Waals surface area contributed by atoms with Crippen LogP contribution in [0.3, 0.4) is 0 Å². The Morgan fingerprint density at radius 2 is 2.15 bits per heavy atom. The molecule has 8 nitrogen and oxygen atoms in total. The number of morpholine rings is 1. The van der Waals surface area contributed by atoms with Gasteiger partial charge < -0.3 is 15.0 Å². The Kier molecular flexibility index (Phi) is 3.93. The fourth-order valence-electron chi connectivity index (χ4n) is 1.88. The third kappa shape index (κ3) is 3.14. The van der Waals surface area contributed by atoms with Gasteiger partial charge in [0.25, 0.3) is 0 Å². The van der Waals surface area contributed by atoms with E-state index in [1.807, 2.05) is 4.90 Å². The van der Waals surface area contributed by atoms with Crippen molar-refractivity contribution in [3.8, 4) is 0 Å². The number of rotatable bonds is 4. The van der Waals surface area contributed by atoms with Gasteiger partial charge in [0.1, 0.15) is 0 Å². The van der Waals surface area contributed by atoms with Crippen LogP contribution in [0.5, 0.6) is 0 Å². The van der Waals surface area contributed by atoms with Gasteiger partial charge in [-0.3, -0.25) is 5.10 Å². The van der Waals surface area contributed by atoms with Crippen molar-refractivity contribution in [1.82, 2.24) is 25.1 Å². The van der Waals surface area contributed by atoms with Gasteiger partial charge in [-0.1, -0.05) is 0 Å². The maximum absolute atomic E-state index is 5.95. The van der Waals surface area contributed by atoms with Gasteiger partial charge in [-0.05, 0) is 11.6 Å². The number of H-pyrrole nitrogens is 1. The zero-order chi connectivity index (χ0) is 13.8. The van der Waals surface area contributed by atoms with Crippen molar-refractivity contribution in [2.75, 3.05) is 36.5 Å². The fraction of sp³-hybridized carbons (Fsp3) is 0.455. The molecule has 0 aliphatic carbocycles. The topological polar surface area (TPSA) is 91.9 Å². The molecular formula is C11H14ClN7O. The molecule has 1 saturated heterocycles. The molecule has 0 spiro atoms. The molecule has 106 valence electrons. The molecule has 1 fully saturated rings. The van der Waals surface area contributed by atoms with Crippen LogP contribution in [0.2, 0.25) is 5.28 Å². The van der Waals surface area contributed by atoms with Crippen molar-refractivity contribution < 1.29 is 4.74 Å². The van der Waals surface area contributed by atoms with Crippen LogP contribution < -0.4 is 10.2 Å². The highest BCUT2D eigenvalue weighted by atomic mass is 35.5. The number of anilines is 2. The minimum Gasteiger partial charge on any atom is -0.378 e. The first-order chi connectivity index (χ1) is 9.81. The lowest BCUT2D eigenvalue weighted by Crippen LogP contribution is -2.37. The van der Waals surface area contributed by atoms with E-state index in [0.29, 0.717) is 31.7 Å². The van der Waals surface area contributed by atoms with Gasteiger partial charge in [-0.2, -0.15) is 20.1 Å². The van der Waals surface area contributed by atoms with Crippen LogP contribution in [0.15, 0.2) is 12.4 Å². The average Bonchev–Trinajstić information content (AvgIpc) is 2.99. The molecule has 0 radical (unpaired) electrons. The summed E-state index contributed by atoms with van der Waals surface area (Å²) in [4.78, 5) is 14.6. The number of aromatic amines is 1. The van der Waals surface area contributed by atoms with Crippen LogP contribution in [0.1, 0.15) is 5.56 Å². The highest BCUT2D eigenvalue weighted by molar-refractivity contribution is 6.28. The molecule has 2 aromatic rings. The van der Waals surface area contributed by atoms with Gasteiger partial charge in [-0.15, -0.1) is 0 Å². The van der Waals surface area contributed by atoms with Crippen LogP contribution >= 0.6 is 11.6 Å². The lowest BCUT2D eigenvalue weighted by molar-refractivity contribution is 0.122. The summed E-state index contributed by atoms with van der Waals surface area (Å²) in [5.41, 5.74) is 1.01. The van der Waals surface area contributed by atoms with Crippen LogP contribution in [0.25, 0.3) is 0 Å². The molecule has 20 heavy (non-hydrogen) atoms. The summed E-state index contributed by atoms with van der Waals surface area (Å²) in [5.74, 6) is 1.02. The van der Waals surface area contributed by atoms with Gasteiger partial charge in [-0.25, -0.2) is 0 Å². The van der Waals surface area contributed by atoms with Gasteiger partial charge in [0.15, 0.2) is 0 Å². The van der Waals surface area contributed by atoms with Crippen molar-refractivity contribution in [3.63, 3.8) is 0 Å². The second-order valence-corrected chi connectivity index (χ2v) is 4.63. The van der Waals surface area contributed by atoms with Crippen molar-refractivity contribution in [1.29, 1.82) is 0 Å². The van der Waals surface area contributed by atoms with Crippen molar-refractivity contribution in [2.45, 2.75) is 6.54 Å². The van der Waals surface area contributed by atoms with E-state index in [1.165, 1.54) is 0 Å². The molecule has 3 rings (SSSR count). The van der Waals surface area contributed by atoms with E-state index < -0.39 is 0 Å². The third-order valence-electron chi connectivity index (χ3n) is 2.90. The molecule has 0 unspecified atom stereocenters. The smallest absolute Gasteiger partial charge is 0.231 e. The molecule has 0 atom stereocenters. The van der Waals surface area contributed by atoms with Gasteiger partial charge in [0, 0.05) is 31.4 Å². The Labute approximate surface area is 120 Å². The summed E-state index contributed by atoms with van der Waals surface area (Å²) >= 11 is 5.95. The molecule has 2 N–H and O–H groups in total. The summed E-state index contributed by atoms with van der Waals surface area (Å²) in [6.45, 7) is 3.41. The average molecular weight is 296 g/mol. The number of nitrogens with zero attached hydrogens (tertiary/aromatic N) is 5. The maximum Gasteiger partial charge on any atom is 0.231 e. The second-order valence-electron chi connectivity index (χ2n) is 4.29. The lowest BCUT2D eigenvalue weighted by Gasteiger charge is -2.26. The monoisotopic (exact) mass is 295 g/mol. The molecule has 1 aliphatic heterocycles. The molecule has 1 aliphatic rings. The number of hydrogen-bond acceptors (Lipinski definition) is 7. The standard InChI is InChI=1S/C11H14ClN7O/c12-9-16-10(13-5-8-6-14-15-7-8)18-11(17-9)19-1-3-20-4-2-19/h6-7H,1-5H2,(H,14,15)(H,13,16,17,18). The number of aromatic nitrogens is 5. The highest BCUT2D eigenvalue weighted by Gasteiger charge is 2.16. The fourth-order valence-corrected chi connectivity index (χ4v) is 2.03. The number of hydrogen-bond donors (Lipinski definition) is 2. The first-order valence-corrected chi connectivity index (χ1v) is 6.65. The molecule has 9 heteroatoms. The Balaban J connectivity index is 1.72. The van der Waals surface area contributed by atoms with Crippen LogP contribution in [-0.2, 0) is 11.3 Å². The van der Waals surface area contributed by atoms with Crippen molar-refractivity contribution >= 4 is 23.5 Å². The maximum atomic E-state index is 5.95. The van der Waals surface area contributed by atoms with Crippen LogP contribution in [-0.4, -0.2) is 51.5 Å². The molecule has 0 aromatic carbocycles. The first-order valence-electron chi connectivity index (χ1n) is 6.27. The Hall–Kier alpha value is -1.93. The Morgan fingerprint density at radius 1 is 1.30 bits per heavy atom. The second kappa shape index (κ2) is 6.02. The summed E-state index contributed by atoms with van der Waals surface area (Å²) in [5, 5.41) is 9.91. The van der Waals surface area contributed by atoms with E-state index in [1.54, 1.807) is 12.4 Å². The normalized spacial score (nSPS) is 15.3. The molecule has 3 heterocycles. The molecule has 0 amide bonds. The minimum atomic E-state index is 0.177. The van der Waals surface area contributed by atoms with E-state index in [4.69, 9.17) is 16.3 Å². The molecule has 2 aromatic heterocycles. The zero-order valence-electron chi connectivity index (χ0n) is 10.7. The van der Waals surface area contributed by atoms with Crippen molar-refractivity contribution in [3.05, 3.63) is 23.2 Å². The summed E-state index contributed by atoms with van der Waals surface area (Å²) in [6, 6.07) is 0. The molecule has 0 saturated carbocycles. The quantitative estimate of drug-likeness (QED) is 0.857. The number of nitrogens with one attached hydrogen (secondary N) is 2. The van der Waals surface area contributed by atoms with Gasteiger partial charge in [0.05, 0.1) is 19.4 Å². The summed E-state index contributed by atoms with van der Waals surface area (Å²) in [6.07, 6.45) is 3.54.